The van der Waals surface area contributed by atoms with Crippen molar-refractivity contribution in [1.29, 1.82) is 0 Å². The van der Waals surface area contributed by atoms with E-state index in [0.717, 1.165) is 25.3 Å². The SMILES string of the molecule is CC1(CN)CCN(C(=O)C2(c3cccc(C(F)(F)F)c3)CCCC2)C1. The highest BCUT2D eigenvalue weighted by Gasteiger charge is 2.48. The van der Waals surface area contributed by atoms with Gasteiger partial charge in [-0.3, -0.25) is 4.79 Å². The Morgan fingerprint density at radius 3 is 2.48 bits per heavy atom. The third-order valence-corrected chi connectivity index (χ3v) is 5.95. The van der Waals surface area contributed by atoms with Gasteiger partial charge in [0.05, 0.1) is 11.0 Å². The lowest BCUT2D eigenvalue weighted by Crippen LogP contribution is -2.45. The monoisotopic (exact) mass is 354 g/mol. The summed E-state index contributed by atoms with van der Waals surface area (Å²) in [6.45, 7) is 3.79. The Balaban J connectivity index is 1.94. The summed E-state index contributed by atoms with van der Waals surface area (Å²) in [4.78, 5) is 15.2. The van der Waals surface area contributed by atoms with E-state index in [2.05, 4.69) is 6.92 Å². The zero-order valence-electron chi connectivity index (χ0n) is 14.5. The molecule has 0 spiro atoms. The van der Waals surface area contributed by atoms with Crippen molar-refractivity contribution >= 4 is 5.91 Å². The first kappa shape index (κ1) is 18.2. The number of alkyl halides is 3. The second-order valence-corrected chi connectivity index (χ2v) is 7.86. The Labute approximate surface area is 146 Å². The molecule has 0 bridgehead atoms. The van der Waals surface area contributed by atoms with Crippen molar-refractivity contribution < 1.29 is 18.0 Å². The number of nitrogens with two attached hydrogens (primary N) is 1. The maximum Gasteiger partial charge on any atom is 0.416 e. The summed E-state index contributed by atoms with van der Waals surface area (Å²) in [5.74, 6) is -0.0264. The highest BCUT2D eigenvalue weighted by atomic mass is 19.4. The van der Waals surface area contributed by atoms with Crippen LogP contribution >= 0.6 is 0 Å². The topological polar surface area (TPSA) is 46.3 Å². The van der Waals surface area contributed by atoms with Crippen molar-refractivity contribution in [1.82, 2.24) is 4.90 Å². The molecule has 2 fully saturated rings. The molecule has 1 amide bonds. The molecule has 1 aliphatic heterocycles. The fourth-order valence-electron chi connectivity index (χ4n) is 4.26. The molecule has 1 unspecified atom stereocenters. The number of hydrogen-bond acceptors (Lipinski definition) is 2. The second-order valence-electron chi connectivity index (χ2n) is 7.86. The molecular weight excluding hydrogens is 329 g/mol. The van der Waals surface area contributed by atoms with Crippen LogP contribution in [0.25, 0.3) is 0 Å². The minimum atomic E-state index is -4.40. The van der Waals surface area contributed by atoms with Gasteiger partial charge in [-0.2, -0.15) is 13.2 Å². The van der Waals surface area contributed by atoms with E-state index in [1.54, 1.807) is 6.07 Å². The smallest absolute Gasteiger partial charge is 0.341 e. The van der Waals surface area contributed by atoms with E-state index >= 15 is 0 Å². The third kappa shape index (κ3) is 3.28. The van der Waals surface area contributed by atoms with Gasteiger partial charge >= 0.3 is 6.18 Å². The zero-order valence-corrected chi connectivity index (χ0v) is 14.5. The van der Waals surface area contributed by atoms with Crippen molar-refractivity contribution in [2.75, 3.05) is 19.6 Å². The number of likely N-dealkylation sites (tertiary alicyclic amines) is 1. The van der Waals surface area contributed by atoms with Gasteiger partial charge in [0.15, 0.2) is 0 Å². The number of benzene rings is 1. The summed E-state index contributed by atoms with van der Waals surface area (Å²) < 4.78 is 39.4. The summed E-state index contributed by atoms with van der Waals surface area (Å²) in [6.07, 6.45) is -0.599. The van der Waals surface area contributed by atoms with E-state index < -0.39 is 17.2 Å². The number of carbonyl (C=O) groups is 1. The first-order chi connectivity index (χ1) is 11.7. The average molecular weight is 354 g/mol. The summed E-state index contributed by atoms with van der Waals surface area (Å²) >= 11 is 0. The standard InChI is InChI=1S/C19H25F3N2O/c1-17(12-23)9-10-24(13-17)16(25)18(7-2-3-8-18)14-5-4-6-15(11-14)19(20,21)22/h4-6,11H,2-3,7-10,12-13,23H2,1H3. The molecule has 0 radical (unpaired) electrons. The van der Waals surface area contributed by atoms with Crippen LogP contribution < -0.4 is 5.73 Å². The van der Waals surface area contributed by atoms with Gasteiger partial charge in [0.1, 0.15) is 0 Å². The minimum absolute atomic E-state index is 0.0264. The molecule has 0 aromatic heterocycles. The second kappa shape index (κ2) is 6.31. The molecule has 1 saturated heterocycles. The van der Waals surface area contributed by atoms with E-state index in [0.29, 0.717) is 38.0 Å². The van der Waals surface area contributed by atoms with Crippen LogP contribution in [-0.2, 0) is 16.4 Å². The normalized spacial score (nSPS) is 26.2. The molecule has 3 rings (SSSR count). The fraction of sp³-hybridized carbons (Fsp3) is 0.632. The van der Waals surface area contributed by atoms with Crippen LogP contribution in [0.3, 0.4) is 0 Å². The van der Waals surface area contributed by atoms with E-state index in [-0.39, 0.29) is 11.3 Å². The Morgan fingerprint density at radius 2 is 1.92 bits per heavy atom. The Hall–Kier alpha value is -1.56. The predicted octanol–water partition coefficient (Wildman–Crippen LogP) is 3.71. The number of rotatable bonds is 3. The lowest BCUT2D eigenvalue weighted by molar-refractivity contribution is -0.139. The maximum atomic E-state index is 13.3. The highest BCUT2D eigenvalue weighted by Crippen LogP contribution is 2.45. The number of hydrogen-bond donors (Lipinski definition) is 1. The van der Waals surface area contributed by atoms with E-state index in [4.69, 9.17) is 5.73 Å². The molecule has 1 heterocycles. The number of amides is 1. The van der Waals surface area contributed by atoms with Gasteiger partial charge in [0, 0.05) is 13.1 Å². The molecule has 138 valence electrons. The lowest BCUT2D eigenvalue weighted by Gasteiger charge is -2.34. The van der Waals surface area contributed by atoms with Gasteiger partial charge in [-0.25, -0.2) is 0 Å². The number of carbonyl (C=O) groups excluding carboxylic acids is 1. The number of halogens is 3. The molecule has 6 heteroatoms. The first-order valence-corrected chi connectivity index (χ1v) is 8.87. The van der Waals surface area contributed by atoms with Crippen molar-refractivity contribution in [3.63, 3.8) is 0 Å². The van der Waals surface area contributed by atoms with E-state index in [9.17, 15) is 18.0 Å². The Bertz CT molecular complexity index is 652. The molecule has 1 aliphatic carbocycles. The van der Waals surface area contributed by atoms with Crippen molar-refractivity contribution in [3.05, 3.63) is 35.4 Å². The summed E-state index contributed by atoms with van der Waals surface area (Å²) in [5.41, 5.74) is 4.74. The molecule has 2 aliphatic rings. The van der Waals surface area contributed by atoms with Crippen LogP contribution in [0.15, 0.2) is 24.3 Å². The van der Waals surface area contributed by atoms with Crippen LogP contribution in [0.5, 0.6) is 0 Å². The predicted molar refractivity (Wildman–Crippen MR) is 89.9 cm³/mol. The molecule has 3 nitrogen and oxygen atoms in total. The van der Waals surface area contributed by atoms with Crippen LogP contribution in [-0.4, -0.2) is 30.4 Å². The minimum Gasteiger partial charge on any atom is -0.341 e. The van der Waals surface area contributed by atoms with Crippen molar-refractivity contribution in [2.45, 2.75) is 50.6 Å². The molecule has 1 aromatic rings. The number of nitrogens with zero attached hydrogens (tertiary/aromatic N) is 1. The Morgan fingerprint density at radius 1 is 1.24 bits per heavy atom. The first-order valence-electron chi connectivity index (χ1n) is 8.87. The summed E-state index contributed by atoms with van der Waals surface area (Å²) in [7, 11) is 0. The van der Waals surface area contributed by atoms with Gasteiger partial charge in [0.25, 0.3) is 0 Å². The highest BCUT2D eigenvalue weighted by molar-refractivity contribution is 5.89. The molecule has 1 aromatic carbocycles. The largest absolute Gasteiger partial charge is 0.416 e. The molecule has 1 saturated carbocycles. The summed E-state index contributed by atoms with van der Waals surface area (Å²) in [6, 6.07) is 5.33. The third-order valence-electron chi connectivity index (χ3n) is 5.95. The summed E-state index contributed by atoms with van der Waals surface area (Å²) in [5, 5.41) is 0. The fourth-order valence-corrected chi connectivity index (χ4v) is 4.26. The van der Waals surface area contributed by atoms with E-state index in [1.165, 1.54) is 12.1 Å². The van der Waals surface area contributed by atoms with E-state index in [1.807, 2.05) is 4.90 Å². The van der Waals surface area contributed by atoms with Crippen LogP contribution in [0.2, 0.25) is 0 Å². The molecule has 25 heavy (non-hydrogen) atoms. The quantitative estimate of drug-likeness (QED) is 0.899. The van der Waals surface area contributed by atoms with Gasteiger partial charge in [-0.05, 0) is 42.9 Å². The van der Waals surface area contributed by atoms with Crippen LogP contribution in [0, 0.1) is 5.41 Å². The Kier molecular flexibility index (Phi) is 4.60. The van der Waals surface area contributed by atoms with Crippen LogP contribution in [0.4, 0.5) is 13.2 Å². The van der Waals surface area contributed by atoms with Crippen LogP contribution in [0.1, 0.15) is 50.2 Å². The molecular formula is C19H25F3N2O. The van der Waals surface area contributed by atoms with Gasteiger partial charge in [0.2, 0.25) is 5.91 Å². The average Bonchev–Trinajstić information content (AvgIpc) is 3.22. The molecule has 1 atom stereocenters. The molecule has 2 N–H and O–H groups in total. The lowest BCUT2D eigenvalue weighted by atomic mass is 9.77. The van der Waals surface area contributed by atoms with Crippen molar-refractivity contribution in [3.8, 4) is 0 Å². The van der Waals surface area contributed by atoms with Gasteiger partial charge in [-0.1, -0.05) is 38.0 Å². The maximum absolute atomic E-state index is 13.3. The van der Waals surface area contributed by atoms with Crippen molar-refractivity contribution in [2.24, 2.45) is 11.1 Å². The van der Waals surface area contributed by atoms with Gasteiger partial charge in [-0.15, -0.1) is 0 Å². The zero-order chi connectivity index (χ0) is 18.3. The van der Waals surface area contributed by atoms with Gasteiger partial charge < -0.3 is 10.6 Å².